The predicted octanol–water partition coefficient (Wildman–Crippen LogP) is 2.08. The minimum atomic E-state index is -3.81. The topological polar surface area (TPSA) is 128 Å². The molecule has 178 valence electrons. The number of carbonyl (C=O) groups is 3. The number of amidine groups is 1. The number of imide groups is 1. The van der Waals surface area contributed by atoms with Crippen molar-refractivity contribution >= 4 is 39.4 Å². The summed E-state index contributed by atoms with van der Waals surface area (Å²) in [4.78, 5) is 40.2. The maximum Gasteiger partial charge on any atom is 0.325 e. The number of urea groups is 1. The molecule has 3 aliphatic rings. The van der Waals surface area contributed by atoms with Crippen molar-refractivity contribution in [3.05, 3.63) is 24.3 Å². The zero-order valence-corrected chi connectivity index (χ0v) is 19.5. The monoisotopic (exact) mass is 475 g/mol. The van der Waals surface area contributed by atoms with Crippen LogP contribution in [0.5, 0.6) is 0 Å². The number of benzene rings is 1. The first-order valence-electron chi connectivity index (χ1n) is 11.3. The molecule has 1 aliphatic carbocycles. The highest BCUT2D eigenvalue weighted by Crippen LogP contribution is 2.35. The molecule has 0 bridgehead atoms. The molecule has 2 saturated heterocycles. The van der Waals surface area contributed by atoms with Crippen molar-refractivity contribution in [3.63, 3.8) is 0 Å². The average molecular weight is 476 g/mol. The third kappa shape index (κ3) is 4.87. The van der Waals surface area contributed by atoms with Gasteiger partial charge in [-0.05, 0) is 49.9 Å². The minimum Gasteiger partial charge on any atom is -0.362 e. The lowest BCUT2D eigenvalue weighted by molar-refractivity contribution is -0.131. The normalized spacial score (nSPS) is 21.3. The molecule has 1 saturated carbocycles. The van der Waals surface area contributed by atoms with Crippen molar-refractivity contribution in [2.75, 3.05) is 25.5 Å². The van der Waals surface area contributed by atoms with Crippen molar-refractivity contribution in [2.45, 2.75) is 61.8 Å². The highest BCUT2D eigenvalue weighted by atomic mass is 32.2. The summed E-state index contributed by atoms with van der Waals surface area (Å²) < 4.78 is 29.0. The van der Waals surface area contributed by atoms with Crippen molar-refractivity contribution in [1.82, 2.24) is 15.1 Å². The SMILES string of the molecule is CN1CCC/C1=N/S(=O)(=O)c1ccc(NC(=O)CCCN2C(=O)NC3(CCCC3)C2=O)cc1. The Bertz CT molecular complexity index is 1080. The van der Waals surface area contributed by atoms with Gasteiger partial charge in [0.25, 0.3) is 15.9 Å². The van der Waals surface area contributed by atoms with Gasteiger partial charge in [-0.25, -0.2) is 4.79 Å². The van der Waals surface area contributed by atoms with E-state index in [0.29, 0.717) is 37.2 Å². The van der Waals surface area contributed by atoms with Gasteiger partial charge in [0, 0.05) is 38.7 Å². The van der Waals surface area contributed by atoms with E-state index in [9.17, 15) is 22.8 Å². The maximum absolute atomic E-state index is 12.6. The van der Waals surface area contributed by atoms with E-state index in [2.05, 4.69) is 15.0 Å². The van der Waals surface area contributed by atoms with E-state index >= 15 is 0 Å². The summed E-state index contributed by atoms with van der Waals surface area (Å²) in [7, 11) is -1.99. The van der Waals surface area contributed by atoms with Crippen molar-refractivity contribution in [3.8, 4) is 0 Å². The summed E-state index contributed by atoms with van der Waals surface area (Å²) in [5.74, 6) is 0.0899. The zero-order chi connectivity index (χ0) is 23.6. The lowest BCUT2D eigenvalue weighted by Crippen LogP contribution is -2.44. The molecule has 3 fully saturated rings. The number of rotatable bonds is 7. The second kappa shape index (κ2) is 9.12. The Kier molecular flexibility index (Phi) is 6.42. The number of hydrogen-bond acceptors (Lipinski definition) is 5. The van der Waals surface area contributed by atoms with E-state index in [1.165, 1.54) is 29.2 Å². The molecule has 0 unspecified atom stereocenters. The van der Waals surface area contributed by atoms with Crippen LogP contribution in [0.4, 0.5) is 10.5 Å². The molecule has 2 N–H and O–H groups in total. The third-order valence-electron chi connectivity index (χ3n) is 6.48. The number of nitrogens with one attached hydrogen (secondary N) is 2. The molecule has 2 aliphatic heterocycles. The van der Waals surface area contributed by atoms with Crippen LogP contribution >= 0.6 is 0 Å². The van der Waals surface area contributed by atoms with Crippen LogP contribution in [0.2, 0.25) is 0 Å². The molecule has 4 amide bonds. The van der Waals surface area contributed by atoms with Crippen molar-refractivity contribution in [1.29, 1.82) is 0 Å². The summed E-state index contributed by atoms with van der Waals surface area (Å²) in [5.41, 5.74) is -0.274. The standard InChI is InChI=1S/C22H29N5O5S/c1-26-14-4-6-18(26)25-33(31,32)17-10-8-16(9-11-17)23-19(28)7-5-15-27-20(29)22(24-21(27)30)12-2-3-13-22/h8-11H,2-7,12-15H2,1H3,(H,23,28)(H,24,30)/b25-18-. The number of hydrogen-bond donors (Lipinski definition) is 2. The van der Waals surface area contributed by atoms with Gasteiger partial charge in [0.2, 0.25) is 5.91 Å². The fourth-order valence-corrected chi connectivity index (χ4v) is 5.72. The lowest BCUT2D eigenvalue weighted by atomic mass is 9.98. The van der Waals surface area contributed by atoms with Gasteiger partial charge in [-0.3, -0.25) is 14.5 Å². The van der Waals surface area contributed by atoms with Gasteiger partial charge in [0.15, 0.2) is 0 Å². The molecule has 0 aromatic heterocycles. The van der Waals surface area contributed by atoms with E-state index in [-0.39, 0.29) is 35.7 Å². The van der Waals surface area contributed by atoms with Crippen molar-refractivity contribution < 1.29 is 22.8 Å². The number of sulfonamides is 1. The summed E-state index contributed by atoms with van der Waals surface area (Å²) in [6, 6.07) is 5.48. The quantitative estimate of drug-likeness (QED) is 0.581. The lowest BCUT2D eigenvalue weighted by Gasteiger charge is -2.19. The van der Waals surface area contributed by atoms with E-state index in [1.807, 2.05) is 11.9 Å². The van der Waals surface area contributed by atoms with Gasteiger partial charge >= 0.3 is 6.03 Å². The summed E-state index contributed by atoms with van der Waals surface area (Å²) in [6.07, 6.45) is 5.18. The van der Waals surface area contributed by atoms with Gasteiger partial charge in [-0.2, -0.15) is 8.42 Å². The Morgan fingerprint density at radius 3 is 2.48 bits per heavy atom. The summed E-state index contributed by atoms with van der Waals surface area (Å²) in [6.45, 7) is 0.975. The van der Waals surface area contributed by atoms with Crippen LogP contribution in [0.15, 0.2) is 33.6 Å². The number of likely N-dealkylation sites (tertiary alicyclic amines) is 1. The van der Waals surface area contributed by atoms with Gasteiger partial charge < -0.3 is 15.5 Å². The first-order chi connectivity index (χ1) is 15.7. The molecule has 0 radical (unpaired) electrons. The fraction of sp³-hybridized carbons (Fsp3) is 0.545. The van der Waals surface area contributed by atoms with Crippen LogP contribution in [0.1, 0.15) is 51.4 Å². The van der Waals surface area contributed by atoms with Crippen LogP contribution in [-0.4, -0.2) is 67.6 Å². The molecular formula is C22H29N5O5S. The average Bonchev–Trinajstić information content (AvgIpc) is 3.45. The minimum absolute atomic E-state index is 0.0627. The number of nitrogens with zero attached hydrogens (tertiary/aromatic N) is 3. The Balaban J connectivity index is 1.28. The Hall–Kier alpha value is -2.95. The van der Waals surface area contributed by atoms with E-state index in [4.69, 9.17) is 0 Å². The van der Waals surface area contributed by atoms with Gasteiger partial charge in [0.1, 0.15) is 11.4 Å². The predicted molar refractivity (Wildman–Crippen MR) is 122 cm³/mol. The highest BCUT2D eigenvalue weighted by molar-refractivity contribution is 7.90. The number of anilines is 1. The molecule has 33 heavy (non-hydrogen) atoms. The van der Waals surface area contributed by atoms with E-state index in [0.717, 1.165) is 25.8 Å². The molecule has 10 nitrogen and oxygen atoms in total. The molecule has 1 spiro atoms. The third-order valence-corrected chi connectivity index (χ3v) is 7.80. The smallest absolute Gasteiger partial charge is 0.325 e. The Morgan fingerprint density at radius 1 is 1.15 bits per heavy atom. The molecule has 1 aromatic rings. The van der Waals surface area contributed by atoms with Crippen LogP contribution in [0, 0.1) is 0 Å². The Morgan fingerprint density at radius 2 is 1.85 bits per heavy atom. The van der Waals surface area contributed by atoms with Gasteiger partial charge in [0.05, 0.1) is 4.90 Å². The largest absolute Gasteiger partial charge is 0.362 e. The van der Waals surface area contributed by atoms with Gasteiger partial charge in [-0.15, -0.1) is 4.40 Å². The van der Waals surface area contributed by atoms with E-state index < -0.39 is 15.6 Å². The van der Waals surface area contributed by atoms with Crippen LogP contribution in [0.25, 0.3) is 0 Å². The molecule has 2 heterocycles. The van der Waals surface area contributed by atoms with Crippen LogP contribution < -0.4 is 10.6 Å². The first kappa shape index (κ1) is 23.2. The first-order valence-corrected chi connectivity index (χ1v) is 12.7. The van der Waals surface area contributed by atoms with Crippen LogP contribution in [-0.2, 0) is 19.6 Å². The second-order valence-corrected chi connectivity index (χ2v) is 10.5. The second-order valence-electron chi connectivity index (χ2n) is 8.86. The Labute approximate surface area is 193 Å². The van der Waals surface area contributed by atoms with Crippen LogP contribution in [0.3, 0.4) is 0 Å². The highest BCUT2D eigenvalue weighted by Gasteiger charge is 2.52. The summed E-state index contributed by atoms with van der Waals surface area (Å²) in [5, 5.41) is 5.54. The molecular weight excluding hydrogens is 446 g/mol. The van der Waals surface area contributed by atoms with Crippen molar-refractivity contribution in [2.24, 2.45) is 4.40 Å². The summed E-state index contributed by atoms with van der Waals surface area (Å²) >= 11 is 0. The molecule has 0 atom stereocenters. The number of amides is 4. The fourth-order valence-electron chi connectivity index (χ4n) is 4.63. The molecule has 4 rings (SSSR count). The number of carbonyl (C=O) groups excluding carboxylic acids is 3. The maximum atomic E-state index is 12.6. The zero-order valence-electron chi connectivity index (χ0n) is 18.7. The van der Waals surface area contributed by atoms with E-state index in [1.54, 1.807) is 0 Å². The molecule has 11 heteroatoms. The van der Waals surface area contributed by atoms with Gasteiger partial charge in [-0.1, -0.05) is 12.8 Å². The molecule has 1 aromatic carbocycles.